The number of hydrogen-bond acceptors (Lipinski definition) is 4. The van der Waals surface area contributed by atoms with Gasteiger partial charge in [-0.1, -0.05) is 25.5 Å². The first-order valence-corrected chi connectivity index (χ1v) is 5.74. The van der Waals surface area contributed by atoms with Gasteiger partial charge in [0.15, 0.2) is 0 Å². The molecule has 0 saturated heterocycles. The van der Waals surface area contributed by atoms with E-state index in [1.807, 2.05) is 14.0 Å². The van der Waals surface area contributed by atoms with E-state index < -0.39 is 5.60 Å². The van der Waals surface area contributed by atoms with Crippen LogP contribution < -0.4 is 5.32 Å². The zero-order chi connectivity index (χ0) is 12.2. The summed E-state index contributed by atoms with van der Waals surface area (Å²) >= 11 is 0. The lowest BCUT2D eigenvalue weighted by Gasteiger charge is -2.29. The molecule has 0 aliphatic rings. The number of aryl methyl sites for hydroxylation is 1. The SMILES string of the molecule is CCC(C)C(C)(O)CNCc1cnnn1C. The van der Waals surface area contributed by atoms with Crippen molar-refractivity contribution >= 4 is 0 Å². The zero-order valence-electron chi connectivity index (χ0n) is 10.6. The number of nitrogens with zero attached hydrogens (tertiary/aromatic N) is 3. The Morgan fingerprint density at radius 3 is 2.81 bits per heavy atom. The second-order valence-electron chi connectivity index (χ2n) is 4.62. The van der Waals surface area contributed by atoms with Gasteiger partial charge < -0.3 is 10.4 Å². The van der Waals surface area contributed by atoms with Gasteiger partial charge in [-0.05, 0) is 12.8 Å². The van der Waals surface area contributed by atoms with Gasteiger partial charge in [0.2, 0.25) is 0 Å². The summed E-state index contributed by atoms with van der Waals surface area (Å²) < 4.78 is 1.73. The number of aromatic nitrogens is 3. The standard InChI is InChI=1S/C11H22N4O/c1-5-9(2)11(3,16)8-12-6-10-7-13-14-15(10)4/h7,9,12,16H,5-6,8H2,1-4H3. The molecule has 5 heteroatoms. The zero-order valence-corrected chi connectivity index (χ0v) is 10.6. The molecule has 16 heavy (non-hydrogen) atoms. The molecule has 0 aromatic carbocycles. The Morgan fingerprint density at radius 1 is 1.62 bits per heavy atom. The lowest BCUT2D eigenvalue weighted by atomic mass is 9.89. The van der Waals surface area contributed by atoms with E-state index in [1.54, 1.807) is 10.9 Å². The molecule has 0 spiro atoms. The molecule has 0 aliphatic heterocycles. The van der Waals surface area contributed by atoms with Gasteiger partial charge in [-0.3, -0.25) is 4.68 Å². The Hall–Kier alpha value is -0.940. The van der Waals surface area contributed by atoms with Gasteiger partial charge in [0.05, 0.1) is 17.5 Å². The summed E-state index contributed by atoms with van der Waals surface area (Å²) in [6.07, 6.45) is 2.70. The number of rotatable bonds is 6. The average molecular weight is 226 g/mol. The van der Waals surface area contributed by atoms with E-state index in [4.69, 9.17) is 0 Å². The van der Waals surface area contributed by atoms with Crippen molar-refractivity contribution in [2.45, 2.75) is 39.3 Å². The first kappa shape index (κ1) is 13.1. The van der Waals surface area contributed by atoms with Crippen LogP contribution in [0.1, 0.15) is 32.9 Å². The molecule has 0 radical (unpaired) electrons. The highest BCUT2D eigenvalue weighted by atomic mass is 16.3. The van der Waals surface area contributed by atoms with Crippen molar-refractivity contribution in [1.29, 1.82) is 0 Å². The molecule has 1 aromatic heterocycles. The first-order chi connectivity index (χ1) is 7.47. The van der Waals surface area contributed by atoms with Crippen LogP contribution in [0.15, 0.2) is 6.20 Å². The van der Waals surface area contributed by atoms with Gasteiger partial charge in [0.25, 0.3) is 0 Å². The lowest BCUT2D eigenvalue weighted by Crippen LogP contribution is -2.43. The quantitative estimate of drug-likeness (QED) is 0.749. The van der Waals surface area contributed by atoms with Crippen molar-refractivity contribution < 1.29 is 5.11 Å². The number of hydrogen-bond donors (Lipinski definition) is 2. The fraction of sp³-hybridized carbons (Fsp3) is 0.818. The van der Waals surface area contributed by atoms with Crippen molar-refractivity contribution in [2.75, 3.05) is 6.54 Å². The van der Waals surface area contributed by atoms with Gasteiger partial charge in [-0.15, -0.1) is 5.10 Å². The maximum absolute atomic E-state index is 10.2. The first-order valence-electron chi connectivity index (χ1n) is 5.74. The van der Waals surface area contributed by atoms with E-state index in [2.05, 4.69) is 29.5 Å². The highest BCUT2D eigenvalue weighted by molar-refractivity contribution is 4.93. The second-order valence-corrected chi connectivity index (χ2v) is 4.62. The molecule has 2 unspecified atom stereocenters. The molecule has 2 N–H and O–H groups in total. The highest BCUT2D eigenvalue weighted by Gasteiger charge is 2.26. The summed E-state index contributed by atoms with van der Waals surface area (Å²) in [6, 6.07) is 0. The third-order valence-electron chi connectivity index (χ3n) is 3.27. The molecular weight excluding hydrogens is 204 g/mol. The molecular formula is C11H22N4O. The predicted molar refractivity (Wildman–Crippen MR) is 62.8 cm³/mol. The van der Waals surface area contributed by atoms with E-state index >= 15 is 0 Å². The summed E-state index contributed by atoms with van der Waals surface area (Å²) in [5.41, 5.74) is 0.348. The third kappa shape index (κ3) is 3.28. The molecule has 0 amide bonds. The summed E-state index contributed by atoms with van der Waals surface area (Å²) in [5.74, 6) is 0.282. The predicted octanol–water partition coefficient (Wildman–Crippen LogP) is 0.702. The van der Waals surface area contributed by atoms with E-state index in [-0.39, 0.29) is 5.92 Å². The second kappa shape index (κ2) is 5.41. The van der Waals surface area contributed by atoms with Crippen LogP contribution in [0.4, 0.5) is 0 Å². The normalized spacial score (nSPS) is 17.1. The minimum Gasteiger partial charge on any atom is -0.389 e. The van der Waals surface area contributed by atoms with Crippen LogP contribution in [0.2, 0.25) is 0 Å². The van der Waals surface area contributed by atoms with E-state index in [0.717, 1.165) is 12.1 Å². The molecule has 2 atom stereocenters. The minimum atomic E-state index is -0.666. The largest absolute Gasteiger partial charge is 0.389 e. The van der Waals surface area contributed by atoms with E-state index in [9.17, 15) is 5.11 Å². The Labute approximate surface area is 96.9 Å². The fourth-order valence-electron chi connectivity index (χ4n) is 1.53. The summed E-state index contributed by atoms with van der Waals surface area (Å²) in [7, 11) is 1.86. The van der Waals surface area contributed by atoms with E-state index in [0.29, 0.717) is 13.1 Å². The summed E-state index contributed by atoms with van der Waals surface area (Å²) in [5, 5.41) is 21.1. The van der Waals surface area contributed by atoms with E-state index in [1.165, 1.54) is 0 Å². The molecule has 0 bridgehead atoms. The van der Waals surface area contributed by atoms with Gasteiger partial charge in [0, 0.05) is 20.1 Å². The molecule has 0 fully saturated rings. The van der Waals surface area contributed by atoms with Gasteiger partial charge in [0.1, 0.15) is 0 Å². The maximum Gasteiger partial charge on any atom is 0.0768 e. The Kier molecular flexibility index (Phi) is 4.44. The Morgan fingerprint density at radius 2 is 2.31 bits per heavy atom. The fourth-order valence-corrected chi connectivity index (χ4v) is 1.53. The molecule has 92 valence electrons. The van der Waals surface area contributed by atoms with Crippen LogP contribution in [0.5, 0.6) is 0 Å². The van der Waals surface area contributed by atoms with Crippen LogP contribution in [0.3, 0.4) is 0 Å². The van der Waals surface area contributed by atoms with Gasteiger partial charge in [-0.25, -0.2) is 0 Å². The molecule has 5 nitrogen and oxygen atoms in total. The van der Waals surface area contributed by atoms with Crippen molar-refractivity contribution in [2.24, 2.45) is 13.0 Å². The third-order valence-corrected chi connectivity index (χ3v) is 3.27. The highest BCUT2D eigenvalue weighted by Crippen LogP contribution is 2.18. The topological polar surface area (TPSA) is 63.0 Å². The maximum atomic E-state index is 10.2. The van der Waals surface area contributed by atoms with Crippen LogP contribution in [-0.2, 0) is 13.6 Å². The van der Waals surface area contributed by atoms with Crippen LogP contribution in [-0.4, -0.2) is 32.2 Å². The van der Waals surface area contributed by atoms with Crippen LogP contribution in [0, 0.1) is 5.92 Å². The smallest absolute Gasteiger partial charge is 0.0768 e. The van der Waals surface area contributed by atoms with Gasteiger partial charge >= 0.3 is 0 Å². The summed E-state index contributed by atoms with van der Waals surface area (Å²) in [4.78, 5) is 0. The number of nitrogens with one attached hydrogen (secondary N) is 1. The lowest BCUT2D eigenvalue weighted by molar-refractivity contribution is 0.00523. The van der Waals surface area contributed by atoms with Crippen LogP contribution >= 0.6 is 0 Å². The molecule has 1 rings (SSSR count). The van der Waals surface area contributed by atoms with Crippen molar-refractivity contribution in [3.63, 3.8) is 0 Å². The average Bonchev–Trinajstić information content (AvgIpc) is 2.63. The summed E-state index contributed by atoms with van der Waals surface area (Å²) in [6.45, 7) is 7.27. The minimum absolute atomic E-state index is 0.282. The molecule has 1 heterocycles. The Bertz CT molecular complexity index is 322. The Balaban J connectivity index is 2.38. The van der Waals surface area contributed by atoms with Crippen LogP contribution in [0.25, 0.3) is 0 Å². The monoisotopic (exact) mass is 226 g/mol. The van der Waals surface area contributed by atoms with Crippen molar-refractivity contribution in [1.82, 2.24) is 20.3 Å². The van der Waals surface area contributed by atoms with Gasteiger partial charge in [-0.2, -0.15) is 0 Å². The molecule has 0 aliphatic carbocycles. The molecule has 0 saturated carbocycles. The number of aliphatic hydroxyl groups is 1. The van der Waals surface area contributed by atoms with Crippen molar-refractivity contribution in [3.8, 4) is 0 Å². The van der Waals surface area contributed by atoms with Crippen molar-refractivity contribution in [3.05, 3.63) is 11.9 Å². The molecule has 1 aromatic rings.